The third kappa shape index (κ3) is 3.97. The van der Waals surface area contributed by atoms with Crippen LogP contribution in [0.1, 0.15) is 15.2 Å². The molecule has 134 valence electrons. The summed E-state index contributed by atoms with van der Waals surface area (Å²) in [6.45, 7) is 1.87. The molecule has 0 aliphatic heterocycles. The summed E-state index contributed by atoms with van der Waals surface area (Å²) in [5, 5.41) is 3.12. The van der Waals surface area contributed by atoms with Crippen LogP contribution in [0.15, 0.2) is 53.4 Å². The molecule has 0 bridgehead atoms. The highest BCUT2D eigenvalue weighted by molar-refractivity contribution is 7.90. The Labute approximate surface area is 154 Å². The van der Waals surface area contributed by atoms with E-state index in [9.17, 15) is 17.6 Å². The van der Waals surface area contributed by atoms with Gasteiger partial charge < -0.3 is 0 Å². The van der Waals surface area contributed by atoms with Crippen LogP contribution in [0.2, 0.25) is 0 Å². The number of carbonyl (C=O) groups is 1. The summed E-state index contributed by atoms with van der Waals surface area (Å²) in [4.78, 5) is 17.8. The highest BCUT2D eigenvalue weighted by atomic mass is 32.2. The molecule has 0 saturated heterocycles. The van der Waals surface area contributed by atoms with Crippen molar-refractivity contribution in [2.45, 2.75) is 11.8 Å². The van der Waals surface area contributed by atoms with Crippen LogP contribution in [-0.4, -0.2) is 25.6 Å². The Hall–Kier alpha value is -2.58. The molecule has 0 unspecified atom stereocenters. The van der Waals surface area contributed by atoms with Gasteiger partial charge in [-0.25, -0.2) is 17.8 Å². The quantitative estimate of drug-likeness (QED) is 0.733. The molecule has 0 fully saturated rings. The summed E-state index contributed by atoms with van der Waals surface area (Å²) in [5.41, 5.74) is 1.77. The van der Waals surface area contributed by atoms with Crippen LogP contribution in [0, 0.1) is 12.7 Å². The van der Waals surface area contributed by atoms with Gasteiger partial charge in [0.15, 0.2) is 15.0 Å². The zero-order chi connectivity index (χ0) is 18.9. The van der Waals surface area contributed by atoms with E-state index in [2.05, 4.69) is 10.3 Å². The molecule has 3 rings (SSSR count). The minimum Gasteiger partial charge on any atom is -0.298 e. The van der Waals surface area contributed by atoms with Crippen molar-refractivity contribution < 1.29 is 17.6 Å². The number of benzene rings is 2. The standard InChI is InChI=1S/C18H15FN2O3S2/c1-11-16(12-3-7-14(19)8-4-12)20-18(25-11)21-17(22)13-5-9-15(10-6-13)26(2,23)24/h3-10H,1-2H3,(H,20,21,22). The van der Waals surface area contributed by atoms with Gasteiger partial charge in [-0.05, 0) is 55.5 Å². The van der Waals surface area contributed by atoms with E-state index >= 15 is 0 Å². The molecule has 8 heteroatoms. The Morgan fingerprint density at radius 3 is 2.27 bits per heavy atom. The minimum absolute atomic E-state index is 0.151. The van der Waals surface area contributed by atoms with E-state index in [0.717, 1.165) is 16.7 Å². The number of amides is 1. The van der Waals surface area contributed by atoms with Gasteiger partial charge in [-0.1, -0.05) is 0 Å². The predicted molar refractivity (Wildman–Crippen MR) is 99.8 cm³/mol. The van der Waals surface area contributed by atoms with E-state index in [1.807, 2.05) is 6.92 Å². The zero-order valence-corrected chi connectivity index (χ0v) is 15.6. The highest BCUT2D eigenvalue weighted by Gasteiger charge is 2.14. The second-order valence-electron chi connectivity index (χ2n) is 5.68. The number of aromatic nitrogens is 1. The number of hydrogen-bond donors (Lipinski definition) is 1. The van der Waals surface area contributed by atoms with Crippen molar-refractivity contribution in [2.75, 3.05) is 11.6 Å². The number of nitrogens with zero attached hydrogens (tertiary/aromatic N) is 1. The number of nitrogens with one attached hydrogen (secondary N) is 1. The number of thiazole rings is 1. The second-order valence-corrected chi connectivity index (χ2v) is 8.90. The number of halogens is 1. The summed E-state index contributed by atoms with van der Waals surface area (Å²) in [6.07, 6.45) is 1.11. The molecule has 0 aliphatic rings. The lowest BCUT2D eigenvalue weighted by molar-refractivity contribution is 0.102. The van der Waals surface area contributed by atoms with E-state index in [-0.39, 0.29) is 16.6 Å². The molecule has 2 aromatic carbocycles. The number of carbonyl (C=O) groups excluding carboxylic acids is 1. The zero-order valence-electron chi connectivity index (χ0n) is 14.0. The lowest BCUT2D eigenvalue weighted by Gasteiger charge is -2.03. The van der Waals surface area contributed by atoms with Gasteiger partial charge in [-0.15, -0.1) is 11.3 Å². The molecule has 0 atom stereocenters. The molecule has 1 heterocycles. The van der Waals surface area contributed by atoms with Crippen LogP contribution in [0.25, 0.3) is 11.3 Å². The molecule has 0 spiro atoms. The Morgan fingerprint density at radius 1 is 1.08 bits per heavy atom. The summed E-state index contributed by atoms with van der Waals surface area (Å²) >= 11 is 1.31. The molecule has 0 aliphatic carbocycles. The SMILES string of the molecule is Cc1sc(NC(=O)c2ccc(S(C)(=O)=O)cc2)nc1-c1ccc(F)cc1. The first-order valence-corrected chi connectivity index (χ1v) is 10.3. The summed E-state index contributed by atoms with van der Waals surface area (Å²) < 4.78 is 36.0. The van der Waals surface area contributed by atoms with Crippen molar-refractivity contribution in [1.29, 1.82) is 0 Å². The average Bonchev–Trinajstić information content (AvgIpc) is 2.95. The van der Waals surface area contributed by atoms with Crippen LogP contribution in [0.5, 0.6) is 0 Å². The number of sulfone groups is 1. The first-order chi connectivity index (χ1) is 12.2. The van der Waals surface area contributed by atoms with Crippen LogP contribution >= 0.6 is 11.3 Å². The fraction of sp³-hybridized carbons (Fsp3) is 0.111. The Balaban J connectivity index is 1.80. The van der Waals surface area contributed by atoms with Gasteiger partial charge in [0.25, 0.3) is 5.91 Å². The Morgan fingerprint density at radius 2 is 1.69 bits per heavy atom. The monoisotopic (exact) mass is 390 g/mol. The van der Waals surface area contributed by atoms with E-state index in [4.69, 9.17) is 0 Å². The predicted octanol–water partition coefficient (Wildman–Crippen LogP) is 3.91. The first-order valence-electron chi connectivity index (χ1n) is 7.59. The maximum absolute atomic E-state index is 13.1. The van der Waals surface area contributed by atoms with Crippen molar-refractivity contribution in [2.24, 2.45) is 0 Å². The molecule has 1 amide bonds. The molecule has 1 aromatic heterocycles. The van der Waals surface area contributed by atoms with Crippen molar-refractivity contribution >= 4 is 32.2 Å². The third-order valence-electron chi connectivity index (χ3n) is 3.68. The van der Waals surface area contributed by atoms with E-state index in [1.54, 1.807) is 12.1 Å². The lowest BCUT2D eigenvalue weighted by Crippen LogP contribution is -2.11. The molecular weight excluding hydrogens is 375 g/mol. The normalized spacial score (nSPS) is 11.3. The van der Waals surface area contributed by atoms with E-state index < -0.39 is 9.84 Å². The van der Waals surface area contributed by atoms with Crippen LogP contribution in [0.4, 0.5) is 9.52 Å². The average molecular weight is 390 g/mol. The van der Waals surface area contributed by atoms with E-state index in [1.165, 1.54) is 47.7 Å². The highest BCUT2D eigenvalue weighted by Crippen LogP contribution is 2.30. The van der Waals surface area contributed by atoms with E-state index in [0.29, 0.717) is 16.4 Å². The molecule has 5 nitrogen and oxygen atoms in total. The maximum Gasteiger partial charge on any atom is 0.257 e. The van der Waals surface area contributed by atoms with Gasteiger partial charge >= 0.3 is 0 Å². The van der Waals surface area contributed by atoms with Crippen molar-refractivity contribution in [3.05, 3.63) is 64.8 Å². The first kappa shape index (κ1) is 18.2. The van der Waals surface area contributed by atoms with Gasteiger partial charge in [0.05, 0.1) is 10.6 Å². The van der Waals surface area contributed by atoms with Crippen LogP contribution in [0.3, 0.4) is 0 Å². The van der Waals surface area contributed by atoms with Gasteiger partial charge in [-0.3, -0.25) is 10.1 Å². The van der Waals surface area contributed by atoms with Crippen LogP contribution < -0.4 is 5.32 Å². The fourth-order valence-corrected chi connectivity index (χ4v) is 3.81. The summed E-state index contributed by atoms with van der Waals surface area (Å²) in [7, 11) is -3.31. The number of anilines is 1. The van der Waals surface area contributed by atoms with Gasteiger partial charge in [0.2, 0.25) is 0 Å². The molecular formula is C18H15FN2O3S2. The van der Waals surface area contributed by atoms with Crippen molar-refractivity contribution in [1.82, 2.24) is 4.98 Å². The summed E-state index contributed by atoms with van der Waals surface area (Å²) in [6, 6.07) is 11.7. The lowest BCUT2D eigenvalue weighted by atomic mass is 10.1. The number of hydrogen-bond acceptors (Lipinski definition) is 5. The third-order valence-corrected chi connectivity index (χ3v) is 5.69. The maximum atomic E-state index is 13.1. The molecule has 1 N–H and O–H groups in total. The van der Waals surface area contributed by atoms with Crippen molar-refractivity contribution in [3.8, 4) is 11.3 Å². The fourth-order valence-electron chi connectivity index (χ4n) is 2.35. The number of aryl methyl sites for hydroxylation is 1. The Kier molecular flexibility index (Phi) is 4.88. The Bertz CT molecular complexity index is 1060. The molecule has 0 saturated carbocycles. The summed E-state index contributed by atoms with van der Waals surface area (Å²) in [5.74, 6) is -0.711. The topological polar surface area (TPSA) is 76.1 Å². The number of rotatable bonds is 4. The molecule has 26 heavy (non-hydrogen) atoms. The largest absolute Gasteiger partial charge is 0.298 e. The minimum atomic E-state index is -3.31. The molecule has 3 aromatic rings. The van der Waals surface area contributed by atoms with Crippen LogP contribution in [-0.2, 0) is 9.84 Å². The van der Waals surface area contributed by atoms with Gasteiger partial charge in [-0.2, -0.15) is 0 Å². The van der Waals surface area contributed by atoms with Crippen molar-refractivity contribution in [3.63, 3.8) is 0 Å². The second kappa shape index (κ2) is 6.97. The smallest absolute Gasteiger partial charge is 0.257 e. The van der Waals surface area contributed by atoms with Gasteiger partial charge in [0.1, 0.15) is 5.82 Å². The molecule has 0 radical (unpaired) electrons. The van der Waals surface area contributed by atoms with Gasteiger partial charge in [0, 0.05) is 22.3 Å².